The summed E-state index contributed by atoms with van der Waals surface area (Å²) in [5.41, 5.74) is 1.92. The smallest absolute Gasteiger partial charge is 0.317 e. The zero-order valence-electron chi connectivity index (χ0n) is 22.5. The SMILES string of the molecule is CCC[C@@]1(CCc2ccccc2)CC(=O)C(CCCc2cccc(NS(=O)(=O)c3ccc(C#N)cn3)c2)C(=O)O1. The first-order valence-electron chi connectivity index (χ1n) is 13.5. The predicted octanol–water partition coefficient (Wildman–Crippen LogP) is 5.38. The van der Waals surface area contributed by atoms with Gasteiger partial charge < -0.3 is 4.74 Å². The maximum atomic E-state index is 13.1. The Morgan fingerprint density at radius 2 is 1.80 bits per heavy atom. The lowest BCUT2D eigenvalue weighted by atomic mass is 9.79. The number of ketones is 1. The number of sulfonamides is 1. The highest BCUT2D eigenvalue weighted by Gasteiger charge is 2.45. The number of nitrogens with zero attached hydrogens (tertiary/aromatic N) is 2. The normalized spacial score (nSPS) is 19.1. The molecule has 1 fully saturated rings. The Hall–Kier alpha value is -4.03. The number of anilines is 1. The van der Waals surface area contributed by atoms with Crippen molar-refractivity contribution in [2.24, 2.45) is 5.92 Å². The minimum Gasteiger partial charge on any atom is -0.458 e. The highest BCUT2D eigenvalue weighted by molar-refractivity contribution is 7.92. The van der Waals surface area contributed by atoms with Gasteiger partial charge in [-0.05, 0) is 73.9 Å². The third-order valence-corrected chi connectivity index (χ3v) is 8.48. The summed E-state index contributed by atoms with van der Waals surface area (Å²) < 4.78 is 33.9. The van der Waals surface area contributed by atoms with Gasteiger partial charge in [-0.2, -0.15) is 13.7 Å². The van der Waals surface area contributed by atoms with Crippen LogP contribution < -0.4 is 4.72 Å². The summed E-state index contributed by atoms with van der Waals surface area (Å²) in [7, 11) is -3.92. The lowest BCUT2D eigenvalue weighted by molar-refractivity contribution is -0.179. The molecular weight excluding hydrogens is 526 g/mol. The molecule has 1 unspecified atom stereocenters. The summed E-state index contributed by atoms with van der Waals surface area (Å²) in [5.74, 6) is -1.27. The average molecular weight is 560 g/mol. The minimum atomic E-state index is -3.92. The molecule has 1 aromatic heterocycles. The molecule has 1 aliphatic rings. The van der Waals surface area contributed by atoms with Crippen LogP contribution in [0.4, 0.5) is 5.69 Å². The van der Waals surface area contributed by atoms with Crippen molar-refractivity contribution >= 4 is 27.5 Å². The number of aryl methyl sites for hydroxylation is 2. The summed E-state index contributed by atoms with van der Waals surface area (Å²) in [6, 6.07) is 21.5. The highest BCUT2D eigenvalue weighted by atomic mass is 32.2. The second kappa shape index (κ2) is 12.9. The van der Waals surface area contributed by atoms with Crippen LogP contribution in [-0.4, -0.2) is 30.8 Å². The molecular formula is C31H33N3O5S. The molecule has 0 bridgehead atoms. The van der Waals surface area contributed by atoms with Crippen molar-refractivity contribution in [1.82, 2.24) is 4.98 Å². The molecule has 1 aliphatic heterocycles. The molecule has 1 saturated heterocycles. The van der Waals surface area contributed by atoms with Crippen LogP contribution in [-0.2, 0) is 37.2 Å². The monoisotopic (exact) mass is 559 g/mol. The molecule has 208 valence electrons. The fraction of sp³-hybridized carbons (Fsp3) is 0.355. The van der Waals surface area contributed by atoms with E-state index in [9.17, 15) is 18.0 Å². The number of benzene rings is 2. The second-order valence-corrected chi connectivity index (χ2v) is 11.9. The van der Waals surface area contributed by atoms with E-state index in [4.69, 9.17) is 10.00 Å². The first kappa shape index (κ1) is 29.0. The van der Waals surface area contributed by atoms with Crippen molar-refractivity contribution in [3.63, 3.8) is 0 Å². The molecule has 40 heavy (non-hydrogen) atoms. The van der Waals surface area contributed by atoms with Crippen LogP contribution in [0.2, 0.25) is 0 Å². The standard InChI is InChI=1S/C31H33N3O5S/c1-2-17-31(18-16-23-8-4-3-5-9-23)20-28(35)27(30(36)39-31)13-7-11-24-10-6-12-26(19-24)34-40(37,38)29-15-14-25(21-32)22-33-29/h3-6,8-10,12,14-15,19,22,27,34H,2,7,11,13,16-18,20H2,1H3/t27?,31-/m1/s1. The summed E-state index contributed by atoms with van der Waals surface area (Å²) in [6.07, 6.45) is 5.81. The van der Waals surface area contributed by atoms with Gasteiger partial charge in [-0.1, -0.05) is 55.8 Å². The highest BCUT2D eigenvalue weighted by Crippen LogP contribution is 2.36. The van der Waals surface area contributed by atoms with Gasteiger partial charge in [0.2, 0.25) is 0 Å². The summed E-state index contributed by atoms with van der Waals surface area (Å²) in [4.78, 5) is 30.0. The van der Waals surface area contributed by atoms with Crippen LogP contribution in [0, 0.1) is 17.2 Å². The first-order chi connectivity index (χ1) is 19.2. The van der Waals surface area contributed by atoms with Crippen LogP contribution in [0.3, 0.4) is 0 Å². The van der Waals surface area contributed by atoms with Gasteiger partial charge in [0.1, 0.15) is 17.6 Å². The van der Waals surface area contributed by atoms with Crippen LogP contribution >= 0.6 is 0 Å². The molecule has 9 heteroatoms. The molecule has 1 N–H and O–H groups in total. The number of aromatic nitrogens is 1. The Bertz CT molecular complexity index is 1460. The lowest BCUT2D eigenvalue weighted by Gasteiger charge is -2.39. The molecule has 3 aromatic rings. The van der Waals surface area contributed by atoms with Gasteiger partial charge in [0, 0.05) is 18.3 Å². The quantitative estimate of drug-likeness (QED) is 0.233. The Labute approximate surface area is 235 Å². The zero-order chi connectivity index (χ0) is 28.6. The fourth-order valence-electron chi connectivity index (χ4n) is 5.16. The summed E-state index contributed by atoms with van der Waals surface area (Å²) in [5, 5.41) is 8.70. The van der Waals surface area contributed by atoms with E-state index in [-0.39, 0.29) is 22.8 Å². The number of carbonyl (C=O) groups is 2. The van der Waals surface area contributed by atoms with E-state index in [1.165, 1.54) is 18.3 Å². The predicted molar refractivity (Wildman–Crippen MR) is 151 cm³/mol. The van der Waals surface area contributed by atoms with E-state index < -0.39 is 27.5 Å². The van der Waals surface area contributed by atoms with Crippen molar-refractivity contribution in [2.75, 3.05) is 4.72 Å². The van der Waals surface area contributed by atoms with Crippen molar-refractivity contribution in [3.8, 4) is 6.07 Å². The van der Waals surface area contributed by atoms with E-state index in [1.54, 1.807) is 18.2 Å². The number of cyclic esters (lactones) is 1. The van der Waals surface area contributed by atoms with Crippen molar-refractivity contribution in [2.45, 2.75) is 68.9 Å². The third-order valence-electron chi connectivity index (χ3n) is 7.18. The Morgan fingerprint density at radius 3 is 2.48 bits per heavy atom. The zero-order valence-corrected chi connectivity index (χ0v) is 23.3. The van der Waals surface area contributed by atoms with Crippen molar-refractivity contribution in [1.29, 1.82) is 5.26 Å². The van der Waals surface area contributed by atoms with E-state index >= 15 is 0 Å². The van der Waals surface area contributed by atoms with Crippen molar-refractivity contribution < 1.29 is 22.7 Å². The van der Waals surface area contributed by atoms with Gasteiger partial charge in [-0.3, -0.25) is 14.3 Å². The topological polar surface area (TPSA) is 126 Å². The number of ether oxygens (including phenoxy) is 1. The Balaban J connectivity index is 1.33. The molecule has 4 rings (SSSR count). The largest absolute Gasteiger partial charge is 0.458 e. The van der Waals surface area contributed by atoms with Crippen molar-refractivity contribution in [3.05, 3.63) is 89.6 Å². The Morgan fingerprint density at radius 1 is 1.02 bits per heavy atom. The number of carbonyl (C=O) groups excluding carboxylic acids is 2. The van der Waals surface area contributed by atoms with E-state index in [1.807, 2.05) is 49.4 Å². The number of nitrogens with one attached hydrogen (secondary N) is 1. The lowest BCUT2D eigenvalue weighted by Crippen LogP contribution is -2.48. The summed E-state index contributed by atoms with van der Waals surface area (Å²) >= 11 is 0. The number of Topliss-reactive ketones (excluding diaryl/α,β-unsaturated/α-hetero) is 1. The fourth-order valence-corrected chi connectivity index (χ4v) is 6.14. The van der Waals surface area contributed by atoms with Gasteiger partial charge >= 0.3 is 5.97 Å². The molecule has 8 nitrogen and oxygen atoms in total. The molecule has 0 spiro atoms. The average Bonchev–Trinajstić information content (AvgIpc) is 2.94. The number of rotatable bonds is 12. The number of hydrogen-bond acceptors (Lipinski definition) is 7. The van der Waals surface area contributed by atoms with Gasteiger partial charge in [0.15, 0.2) is 10.8 Å². The van der Waals surface area contributed by atoms with Gasteiger partial charge in [-0.15, -0.1) is 0 Å². The first-order valence-corrected chi connectivity index (χ1v) is 15.0. The van der Waals surface area contributed by atoms with Crippen LogP contribution in [0.15, 0.2) is 78.0 Å². The Kier molecular flexibility index (Phi) is 9.33. The molecule has 0 radical (unpaired) electrons. The van der Waals surface area contributed by atoms with Crippen LogP contribution in [0.5, 0.6) is 0 Å². The molecule has 2 heterocycles. The maximum Gasteiger partial charge on any atom is 0.317 e. The van der Waals surface area contributed by atoms with E-state index in [2.05, 4.69) is 9.71 Å². The van der Waals surface area contributed by atoms with Gasteiger partial charge in [0.25, 0.3) is 10.0 Å². The molecule has 0 aliphatic carbocycles. The van der Waals surface area contributed by atoms with Crippen LogP contribution in [0.1, 0.15) is 62.1 Å². The second-order valence-electron chi connectivity index (χ2n) is 10.2. The van der Waals surface area contributed by atoms with Gasteiger partial charge in [-0.25, -0.2) is 4.98 Å². The molecule has 0 saturated carbocycles. The third kappa shape index (κ3) is 7.33. The van der Waals surface area contributed by atoms with E-state index in [0.29, 0.717) is 37.8 Å². The molecule has 2 atom stereocenters. The number of nitriles is 1. The number of esters is 1. The number of pyridine rings is 1. The minimum absolute atomic E-state index is 0.0609. The molecule has 2 aromatic carbocycles. The number of hydrogen-bond donors (Lipinski definition) is 1. The molecule has 0 amide bonds. The van der Waals surface area contributed by atoms with E-state index in [0.717, 1.165) is 24.0 Å². The summed E-state index contributed by atoms with van der Waals surface area (Å²) in [6.45, 7) is 2.03. The van der Waals surface area contributed by atoms with Gasteiger partial charge in [0.05, 0.1) is 5.56 Å². The maximum absolute atomic E-state index is 13.1. The van der Waals surface area contributed by atoms with Crippen LogP contribution in [0.25, 0.3) is 0 Å².